The molecule has 18 heavy (non-hydrogen) atoms. The second kappa shape index (κ2) is 5.24. The first-order chi connectivity index (χ1) is 8.74. The molecule has 5 heteroatoms. The van der Waals surface area contributed by atoms with Crippen LogP contribution in [0.3, 0.4) is 0 Å². The molecule has 3 nitrogen and oxygen atoms in total. The molecule has 0 radical (unpaired) electrons. The van der Waals surface area contributed by atoms with Crippen molar-refractivity contribution in [2.75, 3.05) is 24.5 Å². The summed E-state index contributed by atoms with van der Waals surface area (Å²) in [7, 11) is 0. The molecule has 0 aliphatic carbocycles. The largest absolute Gasteiger partial charge is 0.369 e. The molecule has 3 rings (SSSR count). The summed E-state index contributed by atoms with van der Waals surface area (Å²) in [6.07, 6.45) is 5.70. The van der Waals surface area contributed by atoms with Crippen molar-refractivity contribution in [1.82, 2.24) is 10.3 Å². The average molecular weight is 286 g/mol. The third-order valence-electron chi connectivity index (χ3n) is 4.06. The SMILES string of the molecule is Clc1cc(N2CCC[C@H]3CCN[C@H]3C2)cnc1Cl. The summed E-state index contributed by atoms with van der Waals surface area (Å²) in [5.41, 5.74) is 1.08. The highest BCUT2D eigenvalue weighted by Crippen LogP contribution is 2.30. The quantitative estimate of drug-likeness (QED) is 0.804. The number of hydrogen-bond donors (Lipinski definition) is 1. The van der Waals surface area contributed by atoms with Crippen LogP contribution in [0.1, 0.15) is 19.3 Å². The van der Waals surface area contributed by atoms with Gasteiger partial charge < -0.3 is 10.2 Å². The van der Waals surface area contributed by atoms with Gasteiger partial charge in [0.05, 0.1) is 16.9 Å². The Morgan fingerprint density at radius 1 is 1.33 bits per heavy atom. The van der Waals surface area contributed by atoms with Crippen LogP contribution in [0.2, 0.25) is 10.2 Å². The van der Waals surface area contributed by atoms with Crippen molar-refractivity contribution >= 4 is 28.9 Å². The van der Waals surface area contributed by atoms with E-state index < -0.39 is 0 Å². The minimum atomic E-state index is 0.382. The molecule has 2 aliphatic rings. The molecular formula is C13H17Cl2N3. The van der Waals surface area contributed by atoms with Crippen LogP contribution in [0.4, 0.5) is 5.69 Å². The van der Waals surface area contributed by atoms with Crippen molar-refractivity contribution in [2.45, 2.75) is 25.3 Å². The normalized spacial score (nSPS) is 28.0. The van der Waals surface area contributed by atoms with E-state index in [1.807, 2.05) is 12.3 Å². The molecule has 1 aromatic rings. The molecule has 2 saturated heterocycles. The van der Waals surface area contributed by atoms with Crippen LogP contribution < -0.4 is 10.2 Å². The van der Waals surface area contributed by atoms with Crippen LogP contribution in [-0.4, -0.2) is 30.7 Å². The predicted octanol–water partition coefficient (Wildman–Crippen LogP) is 2.97. The second-order valence-corrected chi connectivity index (χ2v) is 5.93. The number of pyridine rings is 1. The van der Waals surface area contributed by atoms with E-state index in [4.69, 9.17) is 23.2 Å². The van der Waals surface area contributed by atoms with E-state index in [9.17, 15) is 0 Å². The van der Waals surface area contributed by atoms with Gasteiger partial charge in [-0.2, -0.15) is 0 Å². The highest BCUT2D eigenvalue weighted by Gasteiger charge is 2.30. The molecule has 0 spiro atoms. The van der Waals surface area contributed by atoms with Gasteiger partial charge in [-0.25, -0.2) is 4.98 Å². The van der Waals surface area contributed by atoms with Crippen LogP contribution in [0, 0.1) is 5.92 Å². The van der Waals surface area contributed by atoms with Gasteiger partial charge in [0, 0.05) is 19.1 Å². The zero-order chi connectivity index (χ0) is 12.5. The van der Waals surface area contributed by atoms with Gasteiger partial charge in [0.1, 0.15) is 5.15 Å². The van der Waals surface area contributed by atoms with Crippen LogP contribution >= 0.6 is 23.2 Å². The van der Waals surface area contributed by atoms with Crippen LogP contribution in [0.15, 0.2) is 12.3 Å². The second-order valence-electron chi connectivity index (χ2n) is 5.16. The van der Waals surface area contributed by atoms with Gasteiger partial charge in [0.2, 0.25) is 0 Å². The number of nitrogens with zero attached hydrogens (tertiary/aromatic N) is 2. The minimum absolute atomic E-state index is 0.382. The molecule has 0 bridgehead atoms. The number of aromatic nitrogens is 1. The monoisotopic (exact) mass is 285 g/mol. The first-order valence-electron chi connectivity index (χ1n) is 6.53. The summed E-state index contributed by atoms with van der Waals surface area (Å²) in [6, 6.07) is 2.54. The lowest BCUT2D eigenvalue weighted by Crippen LogP contribution is -2.38. The Morgan fingerprint density at radius 3 is 3.06 bits per heavy atom. The molecule has 0 amide bonds. The molecule has 1 N–H and O–H groups in total. The smallest absolute Gasteiger partial charge is 0.147 e. The summed E-state index contributed by atoms with van der Waals surface area (Å²) in [6.45, 7) is 3.28. The summed E-state index contributed by atoms with van der Waals surface area (Å²) < 4.78 is 0. The van der Waals surface area contributed by atoms with Gasteiger partial charge >= 0.3 is 0 Å². The highest BCUT2D eigenvalue weighted by molar-refractivity contribution is 6.41. The Kier molecular flexibility index (Phi) is 3.64. The molecule has 0 aromatic carbocycles. The fourth-order valence-corrected chi connectivity index (χ4v) is 3.34. The van der Waals surface area contributed by atoms with E-state index in [-0.39, 0.29) is 0 Å². The Labute approximate surface area is 117 Å². The standard InChI is InChI=1S/C13H17Cl2N3/c14-11-6-10(7-17-13(11)15)18-5-1-2-9-3-4-16-12(9)8-18/h6-7,9,12,16H,1-5,8H2/t9-,12-/m0/s1. The molecule has 3 heterocycles. The predicted molar refractivity (Wildman–Crippen MR) is 75.6 cm³/mol. The number of rotatable bonds is 1. The van der Waals surface area contributed by atoms with E-state index in [1.54, 1.807) is 0 Å². The van der Waals surface area contributed by atoms with Gasteiger partial charge in [-0.15, -0.1) is 0 Å². The van der Waals surface area contributed by atoms with Crippen LogP contribution in [-0.2, 0) is 0 Å². The Balaban J connectivity index is 1.80. The minimum Gasteiger partial charge on any atom is -0.369 e. The van der Waals surface area contributed by atoms with Gasteiger partial charge in [-0.05, 0) is 37.8 Å². The van der Waals surface area contributed by atoms with E-state index in [2.05, 4.69) is 15.2 Å². The van der Waals surface area contributed by atoms with Crippen molar-refractivity contribution in [1.29, 1.82) is 0 Å². The van der Waals surface area contributed by atoms with Crippen molar-refractivity contribution in [3.8, 4) is 0 Å². The van der Waals surface area contributed by atoms with Gasteiger partial charge in [-0.1, -0.05) is 23.2 Å². The molecule has 2 fully saturated rings. The van der Waals surface area contributed by atoms with Gasteiger partial charge in [0.25, 0.3) is 0 Å². The van der Waals surface area contributed by atoms with Crippen molar-refractivity contribution in [3.63, 3.8) is 0 Å². The maximum absolute atomic E-state index is 6.05. The van der Waals surface area contributed by atoms with Crippen LogP contribution in [0.5, 0.6) is 0 Å². The molecule has 98 valence electrons. The van der Waals surface area contributed by atoms with Crippen LogP contribution in [0.25, 0.3) is 0 Å². The average Bonchev–Trinajstić information content (AvgIpc) is 2.70. The molecule has 1 aromatic heterocycles. The Bertz CT molecular complexity index is 438. The fraction of sp³-hybridized carbons (Fsp3) is 0.615. The number of nitrogens with one attached hydrogen (secondary N) is 1. The Morgan fingerprint density at radius 2 is 2.22 bits per heavy atom. The van der Waals surface area contributed by atoms with Crippen molar-refractivity contribution in [3.05, 3.63) is 22.4 Å². The first-order valence-corrected chi connectivity index (χ1v) is 7.29. The summed E-state index contributed by atoms with van der Waals surface area (Å²) in [4.78, 5) is 6.51. The zero-order valence-electron chi connectivity index (χ0n) is 10.2. The number of anilines is 1. The molecule has 2 atom stereocenters. The summed E-state index contributed by atoms with van der Waals surface area (Å²) in [5.74, 6) is 0.839. The van der Waals surface area contributed by atoms with Gasteiger partial charge in [-0.3, -0.25) is 0 Å². The Hall–Kier alpha value is -0.510. The van der Waals surface area contributed by atoms with E-state index >= 15 is 0 Å². The molecule has 2 aliphatic heterocycles. The molecular weight excluding hydrogens is 269 g/mol. The molecule has 0 saturated carbocycles. The lowest BCUT2D eigenvalue weighted by Gasteiger charge is -2.26. The van der Waals surface area contributed by atoms with Crippen molar-refractivity contribution < 1.29 is 0 Å². The summed E-state index contributed by atoms with van der Waals surface area (Å²) >= 11 is 11.9. The number of hydrogen-bond acceptors (Lipinski definition) is 3. The maximum Gasteiger partial charge on any atom is 0.147 e. The van der Waals surface area contributed by atoms with Gasteiger partial charge in [0.15, 0.2) is 0 Å². The molecule has 0 unspecified atom stereocenters. The number of halogens is 2. The first kappa shape index (κ1) is 12.5. The zero-order valence-corrected chi connectivity index (χ0v) is 11.7. The van der Waals surface area contributed by atoms with Crippen molar-refractivity contribution in [2.24, 2.45) is 5.92 Å². The number of fused-ring (bicyclic) bond motifs is 1. The van der Waals surface area contributed by atoms with E-state index in [0.717, 1.165) is 31.2 Å². The highest BCUT2D eigenvalue weighted by atomic mass is 35.5. The lowest BCUT2D eigenvalue weighted by molar-refractivity contribution is 0.445. The third kappa shape index (κ3) is 2.44. The lowest BCUT2D eigenvalue weighted by atomic mass is 9.97. The maximum atomic E-state index is 6.05. The van der Waals surface area contributed by atoms with E-state index in [0.29, 0.717) is 16.2 Å². The topological polar surface area (TPSA) is 28.2 Å². The third-order valence-corrected chi connectivity index (χ3v) is 4.74. The van der Waals surface area contributed by atoms with E-state index in [1.165, 1.54) is 19.3 Å². The summed E-state index contributed by atoms with van der Waals surface area (Å²) in [5, 5.41) is 4.52. The fourth-order valence-electron chi connectivity index (χ4n) is 3.07.